The van der Waals surface area contributed by atoms with Crippen LogP contribution in [0.5, 0.6) is 5.88 Å². The molecular weight excluding hydrogens is 384 g/mol. The molecular formula is C18H25BrN4O2. The van der Waals surface area contributed by atoms with Crippen molar-refractivity contribution in [3.8, 4) is 5.88 Å². The summed E-state index contributed by atoms with van der Waals surface area (Å²) in [5.41, 5.74) is 1.11. The maximum Gasteiger partial charge on any atom is 0.231 e. The summed E-state index contributed by atoms with van der Waals surface area (Å²) in [6.07, 6.45) is 2.79. The smallest absolute Gasteiger partial charge is 0.231 e. The number of nitrogens with zero attached hydrogens (tertiary/aromatic N) is 3. The van der Waals surface area contributed by atoms with E-state index < -0.39 is 0 Å². The van der Waals surface area contributed by atoms with Crippen molar-refractivity contribution < 1.29 is 9.26 Å². The standard InChI is InChI=1S/C18H25BrN4O2/c1-10(2)17-22-18(25-23-17)14-8-20-6-5-13(14)12(4)24-16-7-11(3)15(19)9-21-16/h7,9-10,12-14,20H,5-6,8H2,1-4H3. The van der Waals surface area contributed by atoms with E-state index in [-0.39, 0.29) is 17.9 Å². The predicted molar refractivity (Wildman–Crippen MR) is 98.9 cm³/mol. The highest BCUT2D eigenvalue weighted by molar-refractivity contribution is 9.10. The van der Waals surface area contributed by atoms with E-state index in [0.29, 0.717) is 17.7 Å². The number of halogens is 1. The fourth-order valence-electron chi connectivity index (χ4n) is 3.20. The van der Waals surface area contributed by atoms with Crippen LogP contribution in [-0.4, -0.2) is 34.3 Å². The molecule has 2 aromatic heterocycles. The number of ether oxygens (including phenoxy) is 1. The van der Waals surface area contributed by atoms with Crippen LogP contribution in [0.1, 0.15) is 56.3 Å². The predicted octanol–water partition coefficient (Wildman–Crippen LogP) is 3.82. The highest BCUT2D eigenvalue weighted by atomic mass is 79.9. The second-order valence-electron chi connectivity index (χ2n) is 7.00. The molecule has 3 heterocycles. The Labute approximate surface area is 156 Å². The molecule has 0 spiro atoms. The van der Waals surface area contributed by atoms with Gasteiger partial charge in [0.15, 0.2) is 5.82 Å². The summed E-state index contributed by atoms with van der Waals surface area (Å²) in [5, 5.41) is 7.55. The number of pyridine rings is 1. The lowest BCUT2D eigenvalue weighted by Gasteiger charge is -2.33. The van der Waals surface area contributed by atoms with Crippen molar-refractivity contribution in [3.63, 3.8) is 0 Å². The fourth-order valence-corrected chi connectivity index (χ4v) is 3.42. The maximum absolute atomic E-state index is 6.15. The van der Waals surface area contributed by atoms with E-state index in [1.54, 1.807) is 6.20 Å². The van der Waals surface area contributed by atoms with Crippen molar-refractivity contribution in [2.24, 2.45) is 5.92 Å². The highest BCUT2D eigenvalue weighted by Gasteiger charge is 2.35. The van der Waals surface area contributed by atoms with E-state index in [1.165, 1.54) is 0 Å². The van der Waals surface area contributed by atoms with Crippen LogP contribution in [-0.2, 0) is 0 Å². The lowest BCUT2D eigenvalue weighted by Crippen LogP contribution is -2.41. The van der Waals surface area contributed by atoms with Gasteiger partial charge in [0.1, 0.15) is 6.10 Å². The topological polar surface area (TPSA) is 73.1 Å². The summed E-state index contributed by atoms with van der Waals surface area (Å²) in [6.45, 7) is 10.1. The molecule has 136 valence electrons. The zero-order valence-corrected chi connectivity index (χ0v) is 16.7. The van der Waals surface area contributed by atoms with Gasteiger partial charge in [-0.3, -0.25) is 0 Å². The van der Waals surface area contributed by atoms with Crippen LogP contribution in [0.15, 0.2) is 21.3 Å². The number of hydrogen-bond donors (Lipinski definition) is 1. The van der Waals surface area contributed by atoms with E-state index in [0.717, 1.165) is 35.4 Å². The summed E-state index contributed by atoms with van der Waals surface area (Å²) in [4.78, 5) is 8.97. The molecule has 6 nitrogen and oxygen atoms in total. The van der Waals surface area contributed by atoms with Gasteiger partial charge >= 0.3 is 0 Å². The van der Waals surface area contributed by atoms with Crippen molar-refractivity contribution in [1.82, 2.24) is 20.4 Å². The van der Waals surface area contributed by atoms with Crippen LogP contribution >= 0.6 is 15.9 Å². The van der Waals surface area contributed by atoms with E-state index >= 15 is 0 Å². The van der Waals surface area contributed by atoms with E-state index in [1.807, 2.05) is 13.0 Å². The molecule has 1 saturated heterocycles. The van der Waals surface area contributed by atoms with Gasteiger partial charge in [-0.1, -0.05) is 19.0 Å². The first-order valence-corrected chi connectivity index (χ1v) is 9.58. The minimum atomic E-state index is 0.00887. The van der Waals surface area contributed by atoms with Gasteiger partial charge in [-0.15, -0.1) is 0 Å². The minimum Gasteiger partial charge on any atom is -0.474 e. The van der Waals surface area contributed by atoms with Gasteiger partial charge in [-0.2, -0.15) is 4.98 Å². The number of nitrogens with one attached hydrogen (secondary N) is 1. The molecule has 3 unspecified atom stereocenters. The van der Waals surface area contributed by atoms with Crippen molar-refractivity contribution in [3.05, 3.63) is 34.0 Å². The highest BCUT2D eigenvalue weighted by Crippen LogP contribution is 2.33. The summed E-state index contributed by atoms with van der Waals surface area (Å²) in [6, 6.07) is 1.96. The average molecular weight is 409 g/mol. The third kappa shape index (κ3) is 4.20. The van der Waals surface area contributed by atoms with Gasteiger partial charge < -0.3 is 14.6 Å². The lowest BCUT2D eigenvalue weighted by molar-refractivity contribution is 0.0972. The van der Waals surface area contributed by atoms with Gasteiger partial charge in [-0.05, 0) is 48.3 Å². The summed E-state index contributed by atoms with van der Waals surface area (Å²) >= 11 is 3.47. The van der Waals surface area contributed by atoms with Crippen LogP contribution in [0.25, 0.3) is 0 Å². The Morgan fingerprint density at radius 1 is 1.36 bits per heavy atom. The third-order valence-electron chi connectivity index (χ3n) is 4.76. The van der Waals surface area contributed by atoms with Crippen molar-refractivity contribution >= 4 is 15.9 Å². The van der Waals surface area contributed by atoms with Crippen molar-refractivity contribution in [2.75, 3.05) is 13.1 Å². The Kier molecular flexibility index (Phi) is 5.74. The first-order valence-electron chi connectivity index (χ1n) is 8.78. The molecule has 1 aliphatic rings. The normalized spacial score (nSPS) is 22.2. The van der Waals surface area contributed by atoms with Gasteiger partial charge in [0.2, 0.25) is 11.8 Å². The SMILES string of the molecule is Cc1cc(OC(C)C2CCNCC2c2nc(C(C)C)no2)ncc1Br. The van der Waals surface area contributed by atoms with Crippen LogP contribution in [0.4, 0.5) is 0 Å². The number of hydrogen-bond acceptors (Lipinski definition) is 6. The van der Waals surface area contributed by atoms with Gasteiger partial charge in [-0.25, -0.2) is 4.98 Å². The van der Waals surface area contributed by atoms with E-state index in [9.17, 15) is 0 Å². The zero-order valence-electron chi connectivity index (χ0n) is 15.1. The summed E-state index contributed by atoms with van der Waals surface area (Å²) < 4.78 is 12.7. The second-order valence-corrected chi connectivity index (χ2v) is 7.86. The molecule has 0 aromatic carbocycles. The molecule has 0 bridgehead atoms. The van der Waals surface area contributed by atoms with E-state index in [4.69, 9.17) is 9.26 Å². The van der Waals surface area contributed by atoms with Crippen LogP contribution in [0.2, 0.25) is 0 Å². The molecule has 3 rings (SSSR count). The second kappa shape index (κ2) is 7.83. The molecule has 1 aliphatic heterocycles. The Bertz CT molecular complexity index is 719. The van der Waals surface area contributed by atoms with Crippen LogP contribution in [0, 0.1) is 12.8 Å². The van der Waals surface area contributed by atoms with Gasteiger partial charge in [0, 0.05) is 35.1 Å². The summed E-state index contributed by atoms with van der Waals surface area (Å²) in [7, 11) is 0. The first kappa shape index (κ1) is 18.3. The van der Waals surface area contributed by atoms with Gasteiger partial charge in [0.05, 0.1) is 5.92 Å². The summed E-state index contributed by atoms with van der Waals surface area (Å²) in [5.74, 6) is 2.83. The molecule has 1 N–H and O–H groups in total. The molecule has 7 heteroatoms. The zero-order chi connectivity index (χ0) is 18.0. The van der Waals surface area contributed by atoms with Crippen LogP contribution < -0.4 is 10.1 Å². The Morgan fingerprint density at radius 3 is 2.84 bits per heavy atom. The van der Waals surface area contributed by atoms with Crippen molar-refractivity contribution in [1.29, 1.82) is 0 Å². The number of piperidine rings is 1. The largest absolute Gasteiger partial charge is 0.474 e. The molecule has 1 fully saturated rings. The Balaban J connectivity index is 1.76. The molecule has 2 aromatic rings. The number of rotatable bonds is 5. The van der Waals surface area contributed by atoms with Crippen LogP contribution in [0.3, 0.4) is 0 Å². The molecule has 3 atom stereocenters. The molecule has 0 saturated carbocycles. The molecule has 25 heavy (non-hydrogen) atoms. The molecule has 0 amide bonds. The maximum atomic E-state index is 6.15. The first-order chi connectivity index (χ1) is 12.0. The monoisotopic (exact) mass is 408 g/mol. The number of aromatic nitrogens is 3. The van der Waals surface area contributed by atoms with Gasteiger partial charge in [0.25, 0.3) is 0 Å². The lowest BCUT2D eigenvalue weighted by atomic mass is 9.82. The quantitative estimate of drug-likeness (QED) is 0.810. The van der Waals surface area contributed by atoms with Crippen molar-refractivity contribution in [2.45, 2.75) is 52.1 Å². The average Bonchev–Trinajstić information content (AvgIpc) is 3.08. The van der Waals surface area contributed by atoms with E-state index in [2.05, 4.69) is 57.1 Å². The third-order valence-corrected chi connectivity index (χ3v) is 5.59. The molecule has 0 radical (unpaired) electrons. The fraction of sp³-hybridized carbons (Fsp3) is 0.611. The molecule has 0 aliphatic carbocycles. The minimum absolute atomic E-state index is 0.00887. The Morgan fingerprint density at radius 2 is 2.16 bits per heavy atom. The number of aryl methyl sites for hydroxylation is 1. The Hall–Kier alpha value is -1.47.